The highest BCUT2D eigenvalue weighted by Crippen LogP contribution is 2.34. The van der Waals surface area contributed by atoms with E-state index in [0.29, 0.717) is 29.2 Å². The van der Waals surface area contributed by atoms with Crippen LogP contribution in [0.25, 0.3) is 0 Å². The SMILES string of the molecule is CCCN1C(=O)COc2ccc(NC(=O)c3ccc(C)c(C)c3)cc21. The number of nitrogens with one attached hydrogen (secondary N) is 1. The Balaban J connectivity index is 1.85. The number of ether oxygens (including phenoxy) is 1. The summed E-state index contributed by atoms with van der Waals surface area (Å²) in [5, 5.41) is 2.90. The molecule has 1 aliphatic heterocycles. The van der Waals surface area contributed by atoms with Crippen molar-refractivity contribution in [2.24, 2.45) is 0 Å². The Morgan fingerprint density at radius 2 is 1.96 bits per heavy atom. The zero-order valence-electron chi connectivity index (χ0n) is 14.8. The number of aryl methyl sites for hydroxylation is 2. The topological polar surface area (TPSA) is 58.6 Å². The number of hydrogen-bond donors (Lipinski definition) is 1. The van der Waals surface area contributed by atoms with Gasteiger partial charge in [-0.25, -0.2) is 0 Å². The molecule has 25 heavy (non-hydrogen) atoms. The largest absolute Gasteiger partial charge is 0.482 e. The third kappa shape index (κ3) is 3.50. The fourth-order valence-electron chi connectivity index (χ4n) is 2.83. The number of rotatable bonds is 4. The Labute approximate surface area is 147 Å². The van der Waals surface area contributed by atoms with Crippen molar-refractivity contribution in [2.45, 2.75) is 27.2 Å². The van der Waals surface area contributed by atoms with E-state index in [1.54, 1.807) is 23.1 Å². The van der Waals surface area contributed by atoms with Crippen LogP contribution in [0.5, 0.6) is 5.75 Å². The summed E-state index contributed by atoms with van der Waals surface area (Å²) in [5.41, 5.74) is 4.18. The maximum Gasteiger partial charge on any atom is 0.265 e. The van der Waals surface area contributed by atoms with E-state index in [-0.39, 0.29) is 18.4 Å². The molecule has 5 nitrogen and oxygen atoms in total. The van der Waals surface area contributed by atoms with E-state index in [1.165, 1.54) is 0 Å². The van der Waals surface area contributed by atoms with Gasteiger partial charge in [0.2, 0.25) is 0 Å². The Morgan fingerprint density at radius 1 is 1.16 bits per heavy atom. The lowest BCUT2D eigenvalue weighted by Crippen LogP contribution is -2.39. The fraction of sp³-hybridized carbons (Fsp3) is 0.300. The summed E-state index contributed by atoms with van der Waals surface area (Å²) in [7, 11) is 0. The average Bonchev–Trinajstić information content (AvgIpc) is 2.60. The van der Waals surface area contributed by atoms with Crippen molar-refractivity contribution in [1.82, 2.24) is 0 Å². The second-order valence-electron chi connectivity index (χ2n) is 6.27. The summed E-state index contributed by atoms with van der Waals surface area (Å²) in [4.78, 5) is 26.3. The Bertz CT molecular complexity index is 830. The third-order valence-electron chi connectivity index (χ3n) is 4.38. The van der Waals surface area contributed by atoms with Crippen molar-refractivity contribution in [3.8, 4) is 5.75 Å². The lowest BCUT2D eigenvalue weighted by Gasteiger charge is -2.29. The highest BCUT2D eigenvalue weighted by Gasteiger charge is 2.25. The fourth-order valence-corrected chi connectivity index (χ4v) is 2.83. The first-order chi connectivity index (χ1) is 12.0. The van der Waals surface area contributed by atoms with Crippen molar-refractivity contribution in [3.63, 3.8) is 0 Å². The molecule has 1 aliphatic rings. The van der Waals surface area contributed by atoms with Crippen molar-refractivity contribution in [1.29, 1.82) is 0 Å². The average molecular weight is 338 g/mol. The Kier molecular flexibility index (Phi) is 4.74. The highest BCUT2D eigenvalue weighted by atomic mass is 16.5. The molecule has 130 valence electrons. The molecule has 2 amide bonds. The van der Waals surface area contributed by atoms with Gasteiger partial charge in [-0.15, -0.1) is 0 Å². The van der Waals surface area contributed by atoms with Crippen molar-refractivity contribution >= 4 is 23.2 Å². The predicted molar refractivity (Wildman–Crippen MR) is 98.5 cm³/mol. The summed E-state index contributed by atoms with van der Waals surface area (Å²) >= 11 is 0. The number of benzene rings is 2. The van der Waals surface area contributed by atoms with E-state index in [4.69, 9.17) is 4.74 Å². The number of carbonyl (C=O) groups is 2. The molecule has 0 spiro atoms. The molecule has 0 aromatic heterocycles. The van der Waals surface area contributed by atoms with Gasteiger partial charge in [0, 0.05) is 17.8 Å². The van der Waals surface area contributed by atoms with Crippen LogP contribution in [0.2, 0.25) is 0 Å². The standard InChI is InChI=1S/C20H22N2O3/c1-4-9-22-17-11-16(7-8-18(17)25-12-19(22)23)21-20(24)15-6-5-13(2)14(3)10-15/h5-8,10-11H,4,9,12H2,1-3H3,(H,21,24). The molecule has 0 aliphatic carbocycles. The number of anilines is 2. The smallest absolute Gasteiger partial charge is 0.265 e. The van der Waals surface area contributed by atoms with Crippen LogP contribution in [0.4, 0.5) is 11.4 Å². The molecular weight excluding hydrogens is 316 g/mol. The second kappa shape index (κ2) is 6.97. The minimum absolute atomic E-state index is 0.0569. The molecule has 3 rings (SSSR count). The summed E-state index contributed by atoms with van der Waals surface area (Å²) in [6, 6.07) is 11.0. The first-order valence-electron chi connectivity index (χ1n) is 8.45. The quantitative estimate of drug-likeness (QED) is 0.925. The molecule has 0 bridgehead atoms. The van der Waals surface area contributed by atoms with Crippen molar-refractivity contribution in [2.75, 3.05) is 23.4 Å². The molecule has 1 heterocycles. The van der Waals surface area contributed by atoms with Crippen LogP contribution >= 0.6 is 0 Å². The maximum atomic E-state index is 12.5. The Hall–Kier alpha value is -2.82. The second-order valence-corrected chi connectivity index (χ2v) is 6.27. The van der Waals surface area contributed by atoms with Gasteiger partial charge in [-0.2, -0.15) is 0 Å². The van der Waals surface area contributed by atoms with E-state index in [2.05, 4.69) is 5.32 Å². The molecule has 0 fully saturated rings. The van der Waals surface area contributed by atoms with Crippen LogP contribution in [-0.4, -0.2) is 25.0 Å². The molecule has 1 N–H and O–H groups in total. The molecule has 0 saturated heterocycles. The van der Waals surface area contributed by atoms with E-state index >= 15 is 0 Å². The Morgan fingerprint density at radius 3 is 2.68 bits per heavy atom. The van der Waals surface area contributed by atoms with Gasteiger partial charge >= 0.3 is 0 Å². The van der Waals surface area contributed by atoms with Gasteiger partial charge in [-0.05, 0) is 61.7 Å². The molecule has 2 aromatic carbocycles. The first kappa shape index (κ1) is 17.0. The molecule has 0 atom stereocenters. The van der Waals surface area contributed by atoms with Crippen LogP contribution < -0.4 is 15.0 Å². The zero-order chi connectivity index (χ0) is 18.0. The summed E-state index contributed by atoms with van der Waals surface area (Å²) in [6.07, 6.45) is 0.852. The van der Waals surface area contributed by atoms with Gasteiger partial charge in [-0.1, -0.05) is 13.0 Å². The molecule has 0 radical (unpaired) electrons. The summed E-state index contributed by atoms with van der Waals surface area (Å²) in [6.45, 7) is 6.70. The molecule has 5 heteroatoms. The first-order valence-corrected chi connectivity index (χ1v) is 8.45. The molecule has 2 aromatic rings. The van der Waals surface area contributed by atoms with Gasteiger partial charge < -0.3 is 15.0 Å². The van der Waals surface area contributed by atoms with Gasteiger partial charge in [0.05, 0.1) is 5.69 Å². The van der Waals surface area contributed by atoms with Gasteiger partial charge in [0.1, 0.15) is 5.75 Å². The van der Waals surface area contributed by atoms with E-state index in [9.17, 15) is 9.59 Å². The lowest BCUT2D eigenvalue weighted by molar-refractivity contribution is -0.121. The van der Waals surface area contributed by atoms with E-state index in [0.717, 1.165) is 17.5 Å². The van der Waals surface area contributed by atoms with Crippen LogP contribution in [0.15, 0.2) is 36.4 Å². The van der Waals surface area contributed by atoms with E-state index in [1.807, 2.05) is 39.0 Å². The number of amides is 2. The number of carbonyl (C=O) groups excluding carboxylic acids is 2. The molecule has 0 unspecified atom stereocenters. The minimum Gasteiger partial charge on any atom is -0.482 e. The predicted octanol–water partition coefficient (Wildman–Crippen LogP) is 3.69. The van der Waals surface area contributed by atoms with E-state index < -0.39 is 0 Å². The van der Waals surface area contributed by atoms with Crippen molar-refractivity contribution in [3.05, 3.63) is 53.1 Å². The zero-order valence-corrected chi connectivity index (χ0v) is 14.8. The monoisotopic (exact) mass is 338 g/mol. The van der Waals surface area contributed by atoms with Crippen LogP contribution in [-0.2, 0) is 4.79 Å². The number of nitrogens with zero attached hydrogens (tertiary/aromatic N) is 1. The minimum atomic E-state index is -0.173. The van der Waals surface area contributed by atoms with Gasteiger partial charge in [-0.3, -0.25) is 9.59 Å². The summed E-state index contributed by atoms with van der Waals surface area (Å²) in [5.74, 6) is 0.428. The molecule has 0 saturated carbocycles. The maximum absolute atomic E-state index is 12.5. The third-order valence-corrected chi connectivity index (χ3v) is 4.38. The van der Waals surface area contributed by atoms with Crippen LogP contribution in [0.3, 0.4) is 0 Å². The molecular formula is C20H22N2O3. The van der Waals surface area contributed by atoms with Crippen molar-refractivity contribution < 1.29 is 14.3 Å². The highest BCUT2D eigenvalue weighted by molar-refractivity contribution is 6.05. The van der Waals surface area contributed by atoms with Gasteiger partial charge in [0.25, 0.3) is 11.8 Å². The van der Waals surface area contributed by atoms with Gasteiger partial charge in [0.15, 0.2) is 6.61 Å². The summed E-state index contributed by atoms with van der Waals surface area (Å²) < 4.78 is 5.48. The van der Waals surface area contributed by atoms with Crippen LogP contribution in [0, 0.1) is 13.8 Å². The number of hydrogen-bond acceptors (Lipinski definition) is 3. The number of fused-ring (bicyclic) bond motifs is 1. The van der Waals surface area contributed by atoms with Crippen LogP contribution in [0.1, 0.15) is 34.8 Å². The normalized spacial score (nSPS) is 13.2. The lowest BCUT2D eigenvalue weighted by atomic mass is 10.1.